The summed E-state index contributed by atoms with van der Waals surface area (Å²) < 4.78 is 6.47. The number of carbonyl (C=O) groups excluding carboxylic acids is 1. The molecule has 1 atom stereocenters. The lowest BCUT2D eigenvalue weighted by Gasteiger charge is -2.12. The summed E-state index contributed by atoms with van der Waals surface area (Å²) in [5, 5.41) is 3.83. The van der Waals surface area contributed by atoms with Gasteiger partial charge in [0.25, 0.3) is 5.91 Å². The molecule has 21 heavy (non-hydrogen) atoms. The van der Waals surface area contributed by atoms with E-state index < -0.39 is 0 Å². The Morgan fingerprint density at radius 3 is 3.10 bits per heavy atom. The van der Waals surface area contributed by atoms with Crippen LogP contribution in [0.15, 0.2) is 28.7 Å². The summed E-state index contributed by atoms with van der Waals surface area (Å²) in [7, 11) is 0. The molecule has 1 aliphatic heterocycles. The second-order valence-corrected chi connectivity index (χ2v) is 6.23. The molecule has 1 aromatic heterocycles. The molecular weight excluding hydrogens is 332 g/mol. The zero-order valence-corrected chi connectivity index (χ0v) is 13.4. The Labute approximate surface area is 132 Å². The first-order valence-corrected chi connectivity index (χ1v) is 7.89. The van der Waals surface area contributed by atoms with E-state index in [4.69, 9.17) is 4.74 Å². The molecule has 110 valence electrons. The van der Waals surface area contributed by atoms with Gasteiger partial charge in [0.05, 0.1) is 17.2 Å². The van der Waals surface area contributed by atoms with Crippen LogP contribution >= 0.6 is 15.9 Å². The lowest BCUT2D eigenvalue weighted by atomic mass is 10.1. The molecule has 1 aromatic carbocycles. The summed E-state index contributed by atoms with van der Waals surface area (Å²) >= 11 is 3.45. The van der Waals surface area contributed by atoms with Crippen molar-refractivity contribution in [3.63, 3.8) is 0 Å². The monoisotopic (exact) mass is 348 g/mol. The van der Waals surface area contributed by atoms with E-state index in [1.165, 1.54) is 0 Å². The fraction of sp³-hybridized carbons (Fsp3) is 0.375. The first kappa shape index (κ1) is 14.5. The molecule has 1 saturated heterocycles. The number of amides is 1. The van der Waals surface area contributed by atoms with Crippen molar-refractivity contribution in [2.45, 2.75) is 25.9 Å². The van der Waals surface area contributed by atoms with Crippen LogP contribution in [-0.2, 0) is 4.74 Å². The summed E-state index contributed by atoms with van der Waals surface area (Å²) in [6.45, 7) is 3.26. The Kier molecular flexibility index (Phi) is 4.22. The number of pyridine rings is 1. The maximum absolute atomic E-state index is 12.5. The zero-order valence-electron chi connectivity index (χ0n) is 11.9. The molecule has 5 heteroatoms. The van der Waals surface area contributed by atoms with Crippen molar-refractivity contribution >= 4 is 32.7 Å². The van der Waals surface area contributed by atoms with Crippen molar-refractivity contribution in [2.75, 3.05) is 13.2 Å². The number of benzene rings is 1. The van der Waals surface area contributed by atoms with Gasteiger partial charge in [0, 0.05) is 28.7 Å². The van der Waals surface area contributed by atoms with E-state index in [9.17, 15) is 4.79 Å². The first-order chi connectivity index (χ1) is 10.1. The second-order valence-electron chi connectivity index (χ2n) is 5.32. The van der Waals surface area contributed by atoms with Crippen LogP contribution in [0.5, 0.6) is 0 Å². The van der Waals surface area contributed by atoms with E-state index in [0.29, 0.717) is 12.1 Å². The van der Waals surface area contributed by atoms with Crippen molar-refractivity contribution in [3.8, 4) is 0 Å². The standard InChI is InChI=1S/C16H17BrN2O2/c1-10-7-14(13-8-11(17)4-5-15(13)19-10)16(20)18-9-12-3-2-6-21-12/h4-5,7-8,12H,2-3,6,9H2,1H3,(H,18,20). The van der Waals surface area contributed by atoms with Gasteiger partial charge >= 0.3 is 0 Å². The fourth-order valence-electron chi connectivity index (χ4n) is 2.63. The number of nitrogens with zero attached hydrogens (tertiary/aromatic N) is 1. The average molecular weight is 349 g/mol. The predicted octanol–water partition coefficient (Wildman–Crippen LogP) is 3.21. The van der Waals surface area contributed by atoms with Gasteiger partial charge in [0.15, 0.2) is 0 Å². The van der Waals surface area contributed by atoms with Crippen LogP contribution in [0.1, 0.15) is 28.9 Å². The van der Waals surface area contributed by atoms with Gasteiger partial charge in [-0.3, -0.25) is 9.78 Å². The Hall–Kier alpha value is -1.46. The Bertz CT molecular complexity index is 681. The molecule has 0 saturated carbocycles. The van der Waals surface area contributed by atoms with Crippen LogP contribution in [0.3, 0.4) is 0 Å². The van der Waals surface area contributed by atoms with Crippen LogP contribution in [0.4, 0.5) is 0 Å². The third-order valence-electron chi connectivity index (χ3n) is 3.66. The molecule has 4 nitrogen and oxygen atoms in total. The molecule has 2 heterocycles. The van der Waals surface area contributed by atoms with Crippen molar-refractivity contribution in [2.24, 2.45) is 0 Å². The van der Waals surface area contributed by atoms with Gasteiger partial charge in [0.1, 0.15) is 0 Å². The molecule has 3 rings (SSSR count). The molecular formula is C16H17BrN2O2. The third-order valence-corrected chi connectivity index (χ3v) is 4.15. The zero-order chi connectivity index (χ0) is 14.8. The van der Waals surface area contributed by atoms with Gasteiger partial charge in [-0.1, -0.05) is 15.9 Å². The maximum atomic E-state index is 12.5. The minimum absolute atomic E-state index is 0.0703. The van der Waals surface area contributed by atoms with E-state index >= 15 is 0 Å². The largest absolute Gasteiger partial charge is 0.376 e. The van der Waals surface area contributed by atoms with Gasteiger partial charge in [-0.15, -0.1) is 0 Å². The lowest BCUT2D eigenvalue weighted by Crippen LogP contribution is -2.32. The topological polar surface area (TPSA) is 51.2 Å². The Morgan fingerprint density at radius 2 is 2.33 bits per heavy atom. The molecule has 0 aliphatic carbocycles. The minimum Gasteiger partial charge on any atom is -0.376 e. The highest BCUT2D eigenvalue weighted by molar-refractivity contribution is 9.10. The summed E-state index contributed by atoms with van der Waals surface area (Å²) in [5.41, 5.74) is 2.34. The number of halogens is 1. The smallest absolute Gasteiger partial charge is 0.252 e. The molecule has 1 aliphatic rings. The summed E-state index contributed by atoms with van der Waals surface area (Å²) in [6.07, 6.45) is 2.24. The number of aryl methyl sites for hydroxylation is 1. The number of hydrogen-bond donors (Lipinski definition) is 1. The predicted molar refractivity (Wildman–Crippen MR) is 85.5 cm³/mol. The van der Waals surface area contributed by atoms with Gasteiger partial charge in [0.2, 0.25) is 0 Å². The van der Waals surface area contributed by atoms with Gasteiger partial charge in [-0.25, -0.2) is 0 Å². The molecule has 0 spiro atoms. The van der Waals surface area contributed by atoms with Crippen molar-refractivity contribution in [1.82, 2.24) is 10.3 Å². The molecule has 1 unspecified atom stereocenters. The maximum Gasteiger partial charge on any atom is 0.252 e. The highest BCUT2D eigenvalue weighted by Gasteiger charge is 2.18. The third kappa shape index (κ3) is 3.24. The Balaban J connectivity index is 1.87. The summed E-state index contributed by atoms with van der Waals surface area (Å²) in [4.78, 5) is 16.9. The van der Waals surface area contributed by atoms with Crippen LogP contribution in [0.25, 0.3) is 10.9 Å². The minimum atomic E-state index is -0.0703. The number of fused-ring (bicyclic) bond motifs is 1. The summed E-state index contributed by atoms with van der Waals surface area (Å²) in [6, 6.07) is 7.62. The van der Waals surface area contributed by atoms with E-state index in [-0.39, 0.29) is 12.0 Å². The molecule has 1 amide bonds. The average Bonchev–Trinajstić information content (AvgIpc) is 2.97. The van der Waals surface area contributed by atoms with E-state index in [1.54, 1.807) is 0 Å². The SMILES string of the molecule is Cc1cc(C(=O)NCC2CCCO2)c2cc(Br)ccc2n1. The van der Waals surface area contributed by atoms with E-state index in [2.05, 4.69) is 26.2 Å². The van der Waals surface area contributed by atoms with Crippen LogP contribution in [0.2, 0.25) is 0 Å². The molecule has 1 N–H and O–H groups in total. The lowest BCUT2D eigenvalue weighted by molar-refractivity contribution is 0.0859. The van der Waals surface area contributed by atoms with Crippen molar-refractivity contribution in [3.05, 3.63) is 40.0 Å². The van der Waals surface area contributed by atoms with Crippen molar-refractivity contribution in [1.29, 1.82) is 0 Å². The number of aromatic nitrogens is 1. The van der Waals surface area contributed by atoms with Crippen LogP contribution < -0.4 is 5.32 Å². The highest BCUT2D eigenvalue weighted by atomic mass is 79.9. The summed E-state index contributed by atoms with van der Waals surface area (Å²) in [5.74, 6) is -0.0703. The molecule has 0 bridgehead atoms. The molecule has 1 fully saturated rings. The van der Waals surface area contributed by atoms with Gasteiger partial charge < -0.3 is 10.1 Å². The van der Waals surface area contributed by atoms with Crippen LogP contribution in [-0.4, -0.2) is 30.1 Å². The first-order valence-electron chi connectivity index (χ1n) is 7.10. The number of carbonyl (C=O) groups is 1. The fourth-order valence-corrected chi connectivity index (χ4v) is 2.99. The number of rotatable bonds is 3. The van der Waals surface area contributed by atoms with E-state index in [0.717, 1.165) is 40.5 Å². The van der Waals surface area contributed by atoms with Gasteiger partial charge in [-0.05, 0) is 44.0 Å². The van der Waals surface area contributed by atoms with Crippen LogP contribution in [0, 0.1) is 6.92 Å². The molecule has 2 aromatic rings. The van der Waals surface area contributed by atoms with E-state index in [1.807, 2.05) is 31.2 Å². The number of nitrogens with one attached hydrogen (secondary N) is 1. The van der Waals surface area contributed by atoms with Gasteiger partial charge in [-0.2, -0.15) is 0 Å². The highest BCUT2D eigenvalue weighted by Crippen LogP contribution is 2.23. The Morgan fingerprint density at radius 1 is 1.48 bits per heavy atom. The number of hydrogen-bond acceptors (Lipinski definition) is 3. The quantitative estimate of drug-likeness (QED) is 0.926. The normalized spacial score (nSPS) is 18.1. The molecule has 0 radical (unpaired) electrons. The van der Waals surface area contributed by atoms with Crippen molar-refractivity contribution < 1.29 is 9.53 Å². The second kappa shape index (κ2) is 6.12. The number of ether oxygens (including phenoxy) is 1.